The van der Waals surface area contributed by atoms with E-state index in [0.717, 1.165) is 13.2 Å². The molecule has 0 aliphatic carbocycles. The van der Waals surface area contributed by atoms with Crippen molar-refractivity contribution < 1.29 is 4.74 Å². The van der Waals surface area contributed by atoms with Gasteiger partial charge in [0.2, 0.25) is 0 Å². The average molecular weight is 184 g/mol. The van der Waals surface area contributed by atoms with Crippen molar-refractivity contribution in [2.24, 2.45) is 5.41 Å². The Hall–Kier alpha value is -0.120. The highest BCUT2D eigenvalue weighted by molar-refractivity contribution is 4.85. The molecule has 3 nitrogen and oxygen atoms in total. The van der Waals surface area contributed by atoms with Gasteiger partial charge in [-0.25, -0.2) is 0 Å². The molecule has 3 heteroatoms. The number of piperazine rings is 1. The summed E-state index contributed by atoms with van der Waals surface area (Å²) in [5, 5.41) is 0. The van der Waals surface area contributed by atoms with E-state index in [1.165, 1.54) is 32.7 Å². The maximum atomic E-state index is 5.26. The molecule has 0 aromatic carbocycles. The lowest BCUT2D eigenvalue weighted by Gasteiger charge is -2.43. The van der Waals surface area contributed by atoms with Crippen molar-refractivity contribution in [3.63, 3.8) is 0 Å². The number of rotatable bonds is 2. The maximum Gasteiger partial charge on any atom is 0.0554 e. The van der Waals surface area contributed by atoms with E-state index in [-0.39, 0.29) is 0 Å². The molecule has 0 saturated carbocycles. The first-order chi connectivity index (χ1) is 6.18. The summed E-state index contributed by atoms with van der Waals surface area (Å²) in [6.45, 7) is 10.4. The smallest absolute Gasteiger partial charge is 0.0554 e. The third kappa shape index (κ3) is 2.22. The molecule has 2 rings (SSSR count). The third-order valence-electron chi connectivity index (χ3n) is 3.10. The van der Waals surface area contributed by atoms with E-state index < -0.39 is 0 Å². The van der Waals surface area contributed by atoms with Crippen LogP contribution in [0, 0.1) is 5.41 Å². The fourth-order valence-electron chi connectivity index (χ4n) is 2.09. The zero-order chi connectivity index (χ0) is 9.31. The predicted octanol–water partition coefficient (Wildman–Crippen LogP) is 0.270. The standard InChI is InChI=1S/C10H20N2O/c1-10(8-13-9-10)7-12-5-3-11(2)4-6-12/h3-9H2,1-2H3. The molecular formula is C10H20N2O. The molecule has 76 valence electrons. The van der Waals surface area contributed by atoms with Crippen LogP contribution in [0.3, 0.4) is 0 Å². The SMILES string of the molecule is CN1CCN(CC2(C)COC2)CC1. The fraction of sp³-hybridized carbons (Fsp3) is 1.00. The molecule has 0 amide bonds. The first kappa shape index (κ1) is 9.44. The van der Waals surface area contributed by atoms with E-state index in [4.69, 9.17) is 4.74 Å². The Balaban J connectivity index is 1.76. The monoisotopic (exact) mass is 184 g/mol. The Morgan fingerprint density at radius 2 is 1.77 bits per heavy atom. The number of nitrogens with zero attached hydrogens (tertiary/aromatic N) is 2. The topological polar surface area (TPSA) is 15.7 Å². The molecule has 0 atom stereocenters. The van der Waals surface area contributed by atoms with Crippen molar-refractivity contribution in [1.29, 1.82) is 0 Å². The molecule has 2 saturated heterocycles. The van der Waals surface area contributed by atoms with E-state index in [1.807, 2.05) is 0 Å². The molecule has 13 heavy (non-hydrogen) atoms. The zero-order valence-electron chi connectivity index (χ0n) is 8.75. The lowest BCUT2D eigenvalue weighted by molar-refractivity contribution is -0.117. The van der Waals surface area contributed by atoms with E-state index in [2.05, 4.69) is 23.8 Å². The second kappa shape index (κ2) is 3.56. The molecule has 0 N–H and O–H groups in total. The molecule has 2 aliphatic rings. The lowest BCUT2D eigenvalue weighted by atomic mass is 9.88. The number of likely N-dealkylation sites (N-methyl/N-ethyl adjacent to an activating group) is 1. The highest BCUT2D eigenvalue weighted by atomic mass is 16.5. The summed E-state index contributed by atoms with van der Waals surface area (Å²) >= 11 is 0. The van der Waals surface area contributed by atoms with Crippen LogP contribution in [0.5, 0.6) is 0 Å². The molecule has 2 aliphatic heterocycles. The van der Waals surface area contributed by atoms with Crippen LogP contribution in [-0.4, -0.2) is 62.8 Å². The zero-order valence-corrected chi connectivity index (χ0v) is 8.75. The van der Waals surface area contributed by atoms with Gasteiger partial charge in [-0.3, -0.25) is 0 Å². The second-order valence-electron chi connectivity index (χ2n) is 4.88. The Kier molecular flexibility index (Phi) is 2.58. The molecule has 0 spiro atoms. The van der Waals surface area contributed by atoms with Gasteiger partial charge in [0, 0.05) is 38.1 Å². The highest BCUT2D eigenvalue weighted by Crippen LogP contribution is 2.27. The predicted molar refractivity (Wildman–Crippen MR) is 52.9 cm³/mol. The van der Waals surface area contributed by atoms with Crippen LogP contribution in [0.15, 0.2) is 0 Å². The Morgan fingerprint density at radius 1 is 1.15 bits per heavy atom. The van der Waals surface area contributed by atoms with Crippen molar-refractivity contribution in [3.05, 3.63) is 0 Å². The van der Waals surface area contributed by atoms with Crippen molar-refractivity contribution in [3.8, 4) is 0 Å². The van der Waals surface area contributed by atoms with Gasteiger partial charge in [-0.05, 0) is 7.05 Å². The minimum Gasteiger partial charge on any atom is -0.380 e. The minimum atomic E-state index is 0.454. The largest absolute Gasteiger partial charge is 0.380 e. The quantitative estimate of drug-likeness (QED) is 0.612. The molecule has 2 heterocycles. The van der Waals surface area contributed by atoms with Gasteiger partial charge in [0.05, 0.1) is 13.2 Å². The number of ether oxygens (including phenoxy) is 1. The number of hydrogen-bond donors (Lipinski definition) is 0. The lowest BCUT2D eigenvalue weighted by Crippen LogP contribution is -2.53. The first-order valence-electron chi connectivity index (χ1n) is 5.17. The summed E-state index contributed by atoms with van der Waals surface area (Å²) < 4.78 is 5.26. The van der Waals surface area contributed by atoms with Crippen LogP contribution in [0.25, 0.3) is 0 Å². The molecule has 0 bridgehead atoms. The van der Waals surface area contributed by atoms with Crippen LogP contribution in [0.1, 0.15) is 6.92 Å². The van der Waals surface area contributed by atoms with Gasteiger partial charge in [-0.15, -0.1) is 0 Å². The van der Waals surface area contributed by atoms with Crippen LogP contribution in [-0.2, 0) is 4.74 Å². The van der Waals surface area contributed by atoms with Gasteiger partial charge < -0.3 is 14.5 Å². The normalized spacial score (nSPS) is 30.0. The summed E-state index contributed by atoms with van der Waals surface area (Å²) in [5.74, 6) is 0. The Morgan fingerprint density at radius 3 is 2.23 bits per heavy atom. The molecular weight excluding hydrogens is 164 g/mol. The highest BCUT2D eigenvalue weighted by Gasteiger charge is 2.35. The van der Waals surface area contributed by atoms with Crippen molar-refractivity contribution in [1.82, 2.24) is 9.80 Å². The fourth-order valence-corrected chi connectivity index (χ4v) is 2.09. The van der Waals surface area contributed by atoms with Crippen molar-refractivity contribution >= 4 is 0 Å². The Labute approximate surface area is 80.6 Å². The second-order valence-corrected chi connectivity index (χ2v) is 4.88. The van der Waals surface area contributed by atoms with Crippen LogP contribution < -0.4 is 0 Å². The maximum absolute atomic E-state index is 5.26. The van der Waals surface area contributed by atoms with Crippen LogP contribution in [0.4, 0.5) is 0 Å². The van der Waals surface area contributed by atoms with Gasteiger partial charge in [-0.2, -0.15) is 0 Å². The summed E-state index contributed by atoms with van der Waals surface area (Å²) in [7, 11) is 2.20. The number of hydrogen-bond acceptors (Lipinski definition) is 3. The van der Waals surface area contributed by atoms with E-state index in [9.17, 15) is 0 Å². The average Bonchev–Trinajstić information content (AvgIpc) is 2.06. The summed E-state index contributed by atoms with van der Waals surface area (Å²) in [6.07, 6.45) is 0. The van der Waals surface area contributed by atoms with Crippen molar-refractivity contribution in [2.75, 3.05) is 53.0 Å². The van der Waals surface area contributed by atoms with Gasteiger partial charge in [0.15, 0.2) is 0 Å². The molecule has 0 aromatic heterocycles. The Bertz CT molecular complexity index is 172. The van der Waals surface area contributed by atoms with E-state index in [1.54, 1.807) is 0 Å². The molecule has 0 radical (unpaired) electrons. The summed E-state index contributed by atoms with van der Waals surface area (Å²) in [5.41, 5.74) is 0.454. The van der Waals surface area contributed by atoms with Crippen LogP contribution >= 0.6 is 0 Å². The van der Waals surface area contributed by atoms with Gasteiger partial charge in [-0.1, -0.05) is 6.92 Å². The van der Waals surface area contributed by atoms with Crippen molar-refractivity contribution in [2.45, 2.75) is 6.92 Å². The van der Waals surface area contributed by atoms with Gasteiger partial charge in [0.25, 0.3) is 0 Å². The van der Waals surface area contributed by atoms with E-state index in [0.29, 0.717) is 5.41 Å². The molecule has 0 aromatic rings. The minimum absolute atomic E-state index is 0.454. The summed E-state index contributed by atoms with van der Waals surface area (Å²) in [6, 6.07) is 0. The molecule has 0 unspecified atom stereocenters. The van der Waals surface area contributed by atoms with Gasteiger partial charge >= 0.3 is 0 Å². The third-order valence-corrected chi connectivity index (χ3v) is 3.10. The summed E-state index contributed by atoms with van der Waals surface area (Å²) in [4.78, 5) is 4.97. The molecule has 2 fully saturated rings. The van der Waals surface area contributed by atoms with E-state index >= 15 is 0 Å². The van der Waals surface area contributed by atoms with Crippen LogP contribution in [0.2, 0.25) is 0 Å². The van der Waals surface area contributed by atoms with Gasteiger partial charge in [0.1, 0.15) is 0 Å². The first-order valence-corrected chi connectivity index (χ1v) is 5.17.